The predicted molar refractivity (Wildman–Crippen MR) is 133 cm³/mol. The van der Waals surface area contributed by atoms with Gasteiger partial charge >= 0.3 is 20.5 Å². The molecule has 0 unspecified atom stereocenters. The van der Waals surface area contributed by atoms with Gasteiger partial charge in [-0.25, -0.2) is 12.6 Å². The van der Waals surface area contributed by atoms with Crippen molar-refractivity contribution in [1.82, 2.24) is 0 Å². The second kappa shape index (κ2) is 12.1. The maximum Gasteiger partial charge on any atom is 0.397 e. The molecule has 19 heteroatoms. The van der Waals surface area contributed by atoms with Crippen molar-refractivity contribution in [1.29, 1.82) is 0 Å². The zero-order valence-corrected chi connectivity index (χ0v) is 23.0. The van der Waals surface area contributed by atoms with Gasteiger partial charge in [0.05, 0.1) is 46.2 Å². The zero-order valence-electron chi connectivity index (χ0n) is 19.1. The van der Waals surface area contributed by atoms with Crippen LogP contribution in [0.4, 0.5) is 17.1 Å². The molecule has 0 saturated heterocycles. The Bertz CT molecular complexity index is 1530. The van der Waals surface area contributed by atoms with Gasteiger partial charge in [0.2, 0.25) is 0 Å². The van der Waals surface area contributed by atoms with Crippen LogP contribution in [0.1, 0.15) is 13.8 Å². The molecule has 0 atom stereocenters. The van der Waals surface area contributed by atoms with E-state index in [1.807, 2.05) is 0 Å². The van der Waals surface area contributed by atoms with Gasteiger partial charge in [0.15, 0.2) is 20.5 Å². The summed E-state index contributed by atoms with van der Waals surface area (Å²) in [5.41, 5.74) is 5.07. The molecule has 0 aliphatic rings. The summed E-state index contributed by atoms with van der Waals surface area (Å²) in [6.07, 6.45) is 0. The van der Waals surface area contributed by atoms with E-state index in [4.69, 9.17) is 43.0 Å². The Kier molecular flexibility index (Phi) is 10.1. The normalized spacial score (nSPS) is 12.7. The minimum absolute atomic E-state index is 0.0428. The Balaban J connectivity index is 2.56. The number of hydrogen-bond donors (Lipinski definition) is 3. The molecule has 206 valence electrons. The maximum absolute atomic E-state index is 12.5. The minimum atomic E-state index is -4.90. The molecule has 0 spiro atoms. The molecule has 2 aromatic rings. The molecule has 0 radical (unpaired) electrons. The number of benzene rings is 2. The summed E-state index contributed by atoms with van der Waals surface area (Å²) in [7, 11) is -14.0. The van der Waals surface area contributed by atoms with Crippen LogP contribution in [0.3, 0.4) is 0 Å². The first kappa shape index (κ1) is 31.0. The number of ether oxygens (including phenoxy) is 2. The van der Waals surface area contributed by atoms with Crippen molar-refractivity contribution in [3.63, 3.8) is 0 Å². The molecule has 14 nitrogen and oxygen atoms in total. The lowest BCUT2D eigenvalue weighted by Crippen LogP contribution is -2.15. The average molecular weight is 622 g/mol. The van der Waals surface area contributed by atoms with E-state index in [1.54, 1.807) is 6.92 Å². The summed E-state index contributed by atoms with van der Waals surface area (Å²) < 4.78 is 103. The summed E-state index contributed by atoms with van der Waals surface area (Å²) in [5, 5.41) is 7.17. The highest BCUT2D eigenvalue weighted by Crippen LogP contribution is 2.45. The van der Waals surface area contributed by atoms with E-state index >= 15 is 0 Å². The van der Waals surface area contributed by atoms with Crippen molar-refractivity contribution >= 4 is 70.6 Å². The van der Waals surface area contributed by atoms with Crippen LogP contribution in [-0.4, -0.2) is 59.9 Å². The largest absolute Gasteiger partial charge is 0.492 e. The van der Waals surface area contributed by atoms with Crippen LogP contribution in [0.2, 0.25) is 10.0 Å². The van der Waals surface area contributed by atoms with Crippen molar-refractivity contribution in [3.05, 3.63) is 28.2 Å². The fraction of sp³-hybridized carbons (Fsp3) is 0.333. The summed E-state index contributed by atoms with van der Waals surface area (Å²) >= 11 is 12.2. The second-order valence-electron chi connectivity index (χ2n) is 6.81. The number of rotatable bonds is 12. The van der Waals surface area contributed by atoms with E-state index in [-0.39, 0.29) is 40.4 Å². The topological polar surface area (TPSA) is 221 Å². The highest BCUT2D eigenvalue weighted by molar-refractivity contribution is 7.91. The molecule has 37 heavy (non-hydrogen) atoms. The minimum Gasteiger partial charge on any atom is -0.492 e. The monoisotopic (exact) mass is 621 g/mol. The van der Waals surface area contributed by atoms with E-state index in [2.05, 4.69) is 14.4 Å². The van der Waals surface area contributed by atoms with E-state index in [0.717, 1.165) is 12.1 Å². The molecule has 0 aliphatic carbocycles. The Hall–Kier alpha value is -2.25. The second-order valence-corrected chi connectivity index (χ2v) is 12.2. The number of halogens is 2. The van der Waals surface area contributed by atoms with Gasteiger partial charge < -0.3 is 15.2 Å². The Labute approximate surface area is 223 Å². The Morgan fingerprint density at radius 3 is 2.03 bits per heavy atom. The molecule has 0 saturated carbocycles. The highest BCUT2D eigenvalue weighted by atomic mass is 35.5. The Morgan fingerprint density at radius 1 is 0.892 bits per heavy atom. The molecule has 0 bridgehead atoms. The zero-order chi connectivity index (χ0) is 28.2. The van der Waals surface area contributed by atoms with Gasteiger partial charge in [-0.3, -0.25) is 9.11 Å². The van der Waals surface area contributed by atoms with Crippen molar-refractivity contribution < 1.29 is 48.0 Å². The first-order valence-electron chi connectivity index (χ1n) is 9.96. The van der Waals surface area contributed by atoms with Crippen LogP contribution in [0.15, 0.2) is 38.2 Å². The van der Waals surface area contributed by atoms with Crippen LogP contribution < -0.4 is 15.2 Å². The molecule has 0 heterocycles. The predicted octanol–water partition coefficient (Wildman–Crippen LogP) is 3.63. The maximum atomic E-state index is 12.5. The van der Waals surface area contributed by atoms with E-state index in [9.17, 15) is 29.8 Å². The number of nitrogens with two attached hydrogens (primary N) is 1. The van der Waals surface area contributed by atoms with Gasteiger partial charge in [0.25, 0.3) is 0 Å². The molecular weight excluding hydrogens is 601 g/mol. The molecule has 0 amide bonds. The van der Waals surface area contributed by atoms with Crippen LogP contribution in [0, 0.1) is 0 Å². The van der Waals surface area contributed by atoms with E-state index in [1.165, 1.54) is 13.0 Å². The summed E-state index contributed by atoms with van der Waals surface area (Å²) in [6, 6.07) is 3.18. The standard InChI is InChI=1S/C18H21Cl2N3O11S3/c1-3-32-14-9-13(17(33-4-2)18(16(14)21)36(26,27)28)23-22-12-7-11(20)15(8-10(12)19)35(24,25)6-5-34-37(29,30)31/h7-9H,3-6,21H2,1-2H3,(H,26,27,28)(H,29,30,31). The van der Waals surface area contributed by atoms with Crippen LogP contribution in [-0.2, 0) is 34.5 Å². The fourth-order valence-electron chi connectivity index (χ4n) is 2.81. The quantitative estimate of drug-likeness (QED) is 0.175. The van der Waals surface area contributed by atoms with Gasteiger partial charge in [-0.1, -0.05) is 23.2 Å². The third-order valence-electron chi connectivity index (χ3n) is 4.25. The number of nitrogens with zero attached hydrogens (tertiary/aromatic N) is 2. The van der Waals surface area contributed by atoms with E-state index < -0.39 is 63.9 Å². The van der Waals surface area contributed by atoms with Crippen LogP contribution >= 0.6 is 23.2 Å². The van der Waals surface area contributed by atoms with Gasteiger partial charge in [0, 0.05) is 6.07 Å². The van der Waals surface area contributed by atoms with Crippen molar-refractivity contribution in [2.45, 2.75) is 23.6 Å². The molecule has 2 aromatic carbocycles. The SMILES string of the molecule is CCOc1cc(N=Nc2cc(Cl)c(S(=O)(=O)CCOS(=O)(=O)O)cc2Cl)c(OCC)c(S(=O)(=O)O)c1N. The lowest BCUT2D eigenvalue weighted by Gasteiger charge is -2.16. The van der Waals surface area contributed by atoms with Crippen molar-refractivity contribution in [3.8, 4) is 11.5 Å². The number of hydrogen-bond acceptors (Lipinski definition) is 12. The molecular formula is C18H21Cl2N3O11S3. The van der Waals surface area contributed by atoms with Gasteiger partial charge in [-0.2, -0.15) is 16.8 Å². The van der Waals surface area contributed by atoms with E-state index in [0.29, 0.717) is 0 Å². The van der Waals surface area contributed by atoms with Crippen molar-refractivity contribution in [2.75, 3.05) is 31.3 Å². The first-order chi connectivity index (χ1) is 17.0. The third-order valence-corrected chi connectivity index (χ3v) is 8.07. The number of sulfone groups is 1. The summed E-state index contributed by atoms with van der Waals surface area (Å²) in [4.78, 5) is -1.27. The van der Waals surface area contributed by atoms with Crippen LogP contribution in [0.25, 0.3) is 0 Å². The van der Waals surface area contributed by atoms with Gasteiger partial charge in [0.1, 0.15) is 17.1 Å². The fourth-order valence-corrected chi connectivity index (χ4v) is 5.94. The lowest BCUT2D eigenvalue weighted by atomic mass is 10.2. The number of anilines is 1. The molecule has 0 aromatic heterocycles. The van der Waals surface area contributed by atoms with Gasteiger partial charge in [-0.15, -0.1) is 10.2 Å². The smallest absolute Gasteiger partial charge is 0.397 e. The average Bonchev–Trinajstić information content (AvgIpc) is 2.74. The molecule has 0 aliphatic heterocycles. The number of azo groups is 1. The first-order valence-corrected chi connectivity index (χ1v) is 15.2. The Morgan fingerprint density at radius 2 is 1.49 bits per heavy atom. The molecule has 0 fully saturated rings. The van der Waals surface area contributed by atoms with Crippen molar-refractivity contribution in [2.24, 2.45) is 10.2 Å². The van der Waals surface area contributed by atoms with Crippen LogP contribution in [0.5, 0.6) is 11.5 Å². The number of nitrogen functional groups attached to an aromatic ring is 1. The molecule has 4 N–H and O–H groups in total. The molecule has 2 rings (SSSR count). The summed E-state index contributed by atoms with van der Waals surface area (Å²) in [5.74, 6) is -1.41. The van der Waals surface area contributed by atoms with Gasteiger partial charge in [-0.05, 0) is 26.0 Å². The highest BCUT2D eigenvalue weighted by Gasteiger charge is 2.28. The third kappa shape index (κ3) is 8.11. The summed E-state index contributed by atoms with van der Waals surface area (Å²) in [6.45, 7) is 2.31. The lowest BCUT2D eigenvalue weighted by molar-refractivity contribution is 0.284.